The minimum absolute atomic E-state index is 0.219. The normalized spacial score (nSPS) is 14.1. The maximum Gasteiger partial charge on any atom is 0.333 e. The van der Waals surface area contributed by atoms with Crippen molar-refractivity contribution >= 4 is 28.0 Å². The Morgan fingerprint density at radius 1 is 1.40 bits per heavy atom. The highest BCUT2D eigenvalue weighted by Crippen LogP contribution is 2.26. The lowest BCUT2D eigenvalue weighted by Gasteiger charge is -2.15. The van der Waals surface area contributed by atoms with E-state index in [9.17, 15) is 4.79 Å². The fourth-order valence-electron chi connectivity index (χ4n) is 1.75. The molecule has 1 aliphatic carbocycles. The lowest BCUT2D eigenvalue weighted by molar-refractivity contribution is -0.136. The van der Waals surface area contributed by atoms with Crippen molar-refractivity contribution in [1.82, 2.24) is 0 Å². The van der Waals surface area contributed by atoms with Crippen molar-refractivity contribution in [2.45, 2.75) is 12.8 Å². The summed E-state index contributed by atoms with van der Waals surface area (Å²) in [5.41, 5.74) is 3.15. The second-order valence-corrected chi connectivity index (χ2v) is 4.42. The number of esters is 1. The Bertz CT molecular complexity index is 435. The molecule has 2 nitrogen and oxygen atoms in total. The average Bonchev–Trinajstić information content (AvgIpc) is 2.27. The van der Waals surface area contributed by atoms with E-state index in [0.717, 1.165) is 28.5 Å². The number of hydrogen-bond acceptors (Lipinski definition) is 2. The standard InChI is InChI=1S/C12H11BrO2/c1-15-12(14)10-3-2-9-7-11(13)5-4-8(9)6-10/h4-7H,2-3H2,1H3. The van der Waals surface area contributed by atoms with Gasteiger partial charge in [-0.15, -0.1) is 0 Å². The largest absolute Gasteiger partial charge is 0.466 e. The zero-order chi connectivity index (χ0) is 10.8. The van der Waals surface area contributed by atoms with Crippen molar-refractivity contribution in [3.8, 4) is 0 Å². The minimum atomic E-state index is -0.219. The summed E-state index contributed by atoms with van der Waals surface area (Å²) in [6.07, 6.45) is 3.57. The molecule has 0 unspecified atom stereocenters. The van der Waals surface area contributed by atoms with Crippen LogP contribution in [0.3, 0.4) is 0 Å². The summed E-state index contributed by atoms with van der Waals surface area (Å²) in [4.78, 5) is 11.3. The highest BCUT2D eigenvalue weighted by Gasteiger charge is 2.16. The van der Waals surface area contributed by atoms with E-state index in [1.165, 1.54) is 12.7 Å². The van der Waals surface area contributed by atoms with Gasteiger partial charge in [-0.25, -0.2) is 4.79 Å². The smallest absolute Gasteiger partial charge is 0.333 e. The fourth-order valence-corrected chi connectivity index (χ4v) is 2.16. The molecule has 0 saturated carbocycles. The minimum Gasteiger partial charge on any atom is -0.466 e. The second-order valence-electron chi connectivity index (χ2n) is 3.50. The highest BCUT2D eigenvalue weighted by molar-refractivity contribution is 9.10. The molecule has 0 bridgehead atoms. The van der Waals surface area contributed by atoms with Crippen LogP contribution in [0, 0.1) is 0 Å². The second kappa shape index (κ2) is 4.19. The van der Waals surface area contributed by atoms with Gasteiger partial charge in [0.25, 0.3) is 0 Å². The number of rotatable bonds is 1. The predicted molar refractivity (Wildman–Crippen MR) is 62.5 cm³/mol. The molecule has 0 spiro atoms. The van der Waals surface area contributed by atoms with Crippen LogP contribution >= 0.6 is 15.9 Å². The van der Waals surface area contributed by atoms with E-state index in [2.05, 4.69) is 22.0 Å². The fraction of sp³-hybridized carbons (Fsp3) is 0.250. The van der Waals surface area contributed by atoms with Gasteiger partial charge in [0.1, 0.15) is 0 Å². The van der Waals surface area contributed by atoms with Gasteiger partial charge in [-0.1, -0.05) is 22.0 Å². The van der Waals surface area contributed by atoms with Crippen LogP contribution in [0.25, 0.3) is 6.08 Å². The van der Waals surface area contributed by atoms with Crippen LogP contribution in [0.2, 0.25) is 0 Å². The van der Waals surface area contributed by atoms with E-state index in [1.807, 2.05) is 18.2 Å². The van der Waals surface area contributed by atoms with E-state index in [1.54, 1.807) is 0 Å². The average molecular weight is 267 g/mol. The molecule has 0 fully saturated rings. The quantitative estimate of drug-likeness (QED) is 0.731. The lowest BCUT2D eigenvalue weighted by atomic mass is 9.92. The third kappa shape index (κ3) is 2.12. The topological polar surface area (TPSA) is 26.3 Å². The number of ether oxygens (including phenoxy) is 1. The first-order chi connectivity index (χ1) is 7.20. The van der Waals surface area contributed by atoms with E-state index >= 15 is 0 Å². The first-order valence-electron chi connectivity index (χ1n) is 4.78. The van der Waals surface area contributed by atoms with Gasteiger partial charge in [-0.3, -0.25) is 0 Å². The van der Waals surface area contributed by atoms with Gasteiger partial charge in [-0.2, -0.15) is 0 Å². The van der Waals surface area contributed by atoms with E-state index < -0.39 is 0 Å². The molecule has 0 aliphatic heterocycles. The van der Waals surface area contributed by atoms with E-state index in [0.29, 0.717) is 0 Å². The summed E-state index contributed by atoms with van der Waals surface area (Å²) in [6.45, 7) is 0. The van der Waals surface area contributed by atoms with Gasteiger partial charge in [0, 0.05) is 10.0 Å². The number of benzene rings is 1. The van der Waals surface area contributed by atoms with Crippen LogP contribution in [-0.2, 0) is 16.0 Å². The van der Waals surface area contributed by atoms with Crippen LogP contribution in [-0.4, -0.2) is 13.1 Å². The monoisotopic (exact) mass is 266 g/mol. The van der Waals surface area contributed by atoms with Gasteiger partial charge in [-0.05, 0) is 42.2 Å². The molecule has 0 aromatic heterocycles. The van der Waals surface area contributed by atoms with Crippen molar-refractivity contribution in [1.29, 1.82) is 0 Å². The number of hydrogen-bond donors (Lipinski definition) is 0. The molecule has 0 saturated heterocycles. The summed E-state index contributed by atoms with van der Waals surface area (Å²) in [6, 6.07) is 6.09. The van der Waals surface area contributed by atoms with Crippen LogP contribution in [0.5, 0.6) is 0 Å². The van der Waals surface area contributed by atoms with Crippen molar-refractivity contribution < 1.29 is 9.53 Å². The number of aryl methyl sites for hydroxylation is 1. The number of methoxy groups -OCH3 is 1. The molecule has 1 aromatic carbocycles. The molecule has 0 amide bonds. The van der Waals surface area contributed by atoms with E-state index in [4.69, 9.17) is 4.74 Å². The number of halogens is 1. The molecule has 0 N–H and O–H groups in total. The van der Waals surface area contributed by atoms with Gasteiger partial charge < -0.3 is 4.74 Å². The molecule has 0 radical (unpaired) electrons. The zero-order valence-electron chi connectivity index (χ0n) is 8.42. The lowest BCUT2D eigenvalue weighted by Crippen LogP contribution is -2.09. The molecule has 3 heteroatoms. The summed E-state index contributed by atoms with van der Waals surface area (Å²) < 4.78 is 5.79. The maximum atomic E-state index is 11.3. The zero-order valence-corrected chi connectivity index (χ0v) is 10.0. The van der Waals surface area contributed by atoms with Crippen molar-refractivity contribution in [3.63, 3.8) is 0 Å². The van der Waals surface area contributed by atoms with Crippen LogP contribution in [0.4, 0.5) is 0 Å². The Morgan fingerprint density at radius 2 is 2.20 bits per heavy atom. The van der Waals surface area contributed by atoms with Gasteiger partial charge in [0.15, 0.2) is 0 Å². The Morgan fingerprint density at radius 3 is 2.93 bits per heavy atom. The first kappa shape index (κ1) is 10.4. The molecule has 0 heterocycles. The molecule has 0 atom stereocenters. The Balaban J connectivity index is 2.37. The molecule has 1 aromatic rings. The maximum absolute atomic E-state index is 11.3. The third-order valence-corrected chi connectivity index (χ3v) is 3.04. The molecule has 15 heavy (non-hydrogen) atoms. The van der Waals surface area contributed by atoms with Crippen LogP contribution in [0.1, 0.15) is 17.5 Å². The SMILES string of the molecule is COC(=O)C1=Cc2ccc(Br)cc2CC1. The highest BCUT2D eigenvalue weighted by atomic mass is 79.9. The summed E-state index contributed by atoms with van der Waals surface area (Å²) in [5.74, 6) is -0.219. The Kier molecular flexibility index (Phi) is 2.91. The Labute approximate surface area is 97.1 Å². The Hall–Kier alpha value is -1.09. The number of carbonyl (C=O) groups excluding carboxylic acids is 1. The summed E-state index contributed by atoms with van der Waals surface area (Å²) in [7, 11) is 1.42. The van der Waals surface area contributed by atoms with Crippen LogP contribution < -0.4 is 0 Å². The van der Waals surface area contributed by atoms with E-state index in [-0.39, 0.29) is 5.97 Å². The summed E-state index contributed by atoms with van der Waals surface area (Å²) >= 11 is 3.44. The van der Waals surface area contributed by atoms with Gasteiger partial charge in [0.2, 0.25) is 0 Å². The van der Waals surface area contributed by atoms with Gasteiger partial charge in [0.05, 0.1) is 7.11 Å². The van der Waals surface area contributed by atoms with Crippen molar-refractivity contribution in [2.24, 2.45) is 0 Å². The van der Waals surface area contributed by atoms with Crippen molar-refractivity contribution in [3.05, 3.63) is 39.4 Å². The molecule has 1 aliphatic rings. The molecule has 2 rings (SSSR count). The third-order valence-electron chi connectivity index (χ3n) is 2.55. The number of carbonyl (C=O) groups is 1. The van der Waals surface area contributed by atoms with Gasteiger partial charge >= 0.3 is 5.97 Å². The number of fused-ring (bicyclic) bond motifs is 1. The molecular weight excluding hydrogens is 256 g/mol. The van der Waals surface area contributed by atoms with Crippen molar-refractivity contribution in [2.75, 3.05) is 7.11 Å². The predicted octanol–water partition coefficient (Wildman–Crippen LogP) is 2.95. The summed E-state index contributed by atoms with van der Waals surface area (Å²) in [5, 5.41) is 0. The molecule has 78 valence electrons. The molecular formula is C12H11BrO2. The first-order valence-corrected chi connectivity index (χ1v) is 5.57. The van der Waals surface area contributed by atoms with Crippen LogP contribution in [0.15, 0.2) is 28.2 Å².